The van der Waals surface area contributed by atoms with Crippen LogP contribution >= 0.6 is 12.4 Å². The van der Waals surface area contributed by atoms with Crippen molar-refractivity contribution in [2.45, 2.75) is 32.2 Å². The highest BCUT2D eigenvalue weighted by Gasteiger charge is 2.31. The summed E-state index contributed by atoms with van der Waals surface area (Å²) in [7, 11) is -3.03. The molecule has 2 rings (SSSR count). The van der Waals surface area contributed by atoms with Gasteiger partial charge in [-0.05, 0) is 44.2 Å². The second-order valence-electron chi connectivity index (χ2n) is 4.92. The summed E-state index contributed by atoms with van der Waals surface area (Å²) in [6.45, 7) is 3.92. The van der Waals surface area contributed by atoms with E-state index in [1.54, 1.807) is 0 Å². The van der Waals surface area contributed by atoms with Crippen molar-refractivity contribution in [3.05, 3.63) is 0 Å². The molecule has 0 radical (unpaired) electrons. The Balaban J connectivity index is 0.00000128. The molecule has 2 unspecified atom stereocenters. The minimum absolute atomic E-state index is 0. The van der Waals surface area contributed by atoms with Gasteiger partial charge in [0.2, 0.25) is 10.0 Å². The van der Waals surface area contributed by atoms with E-state index in [1.807, 2.05) is 0 Å². The number of sulfonamides is 1. The molecule has 96 valence electrons. The van der Waals surface area contributed by atoms with Crippen LogP contribution in [0.15, 0.2) is 0 Å². The van der Waals surface area contributed by atoms with Crippen molar-refractivity contribution < 1.29 is 8.42 Å². The Morgan fingerprint density at radius 1 is 1.31 bits per heavy atom. The van der Waals surface area contributed by atoms with Gasteiger partial charge in [-0.1, -0.05) is 6.92 Å². The molecule has 16 heavy (non-hydrogen) atoms. The number of halogens is 1. The molecule has 1 aliphatic carbocycles. The minimum Gasteiger partial charge on any atom is -0.316 e. The molecule has 1 heterocycles. The van der Waals surface area contributed by atoms with Crippen molar-refractivity contribution in [3.63, 3.8) is 0 Å². The number of hydrogen-bond acceptors (Lipinski definition) is 3. The van der Waals surface area contributed by atoms with Gasteiger partial charge in [-0.2, -0.15) is 0 Å². The topological polar surface area (TPSA) is 58.2 Å². The molecule has 6 heteroatoms. The maximum atomic E-state index is 11.8. The average molecular weight is 269 g/mol. The van der Waals surface area contributed by atoms with E-state index in [-0.39, 0.29) is 18.4 Å². The fourth-order valence-electron chi connectivity index (χ4n) is 2.06. The lowest BCUT2D eigenvalue weighted by Crippen LogP contribution is -2.48. The number of hydrogen-bond donors (Lipinski definition) is 2. The molecule has 0 spiro atoms. The molecule has 1 saturated heterocycles. The first kappa shape index (κ1) is 14.2. The predicted octanol–water partition coefficient (Wildman–Crippen LogP) is 0.736. The Morgan fingerprint density at radius 2 is 2.00 bits per heavy atom. The van der Waals surface area contributed by atoms with Crippen LogP contribution < -0.4 is 10.0 Å². The van der Waals surface area contributed by atoms with Gasteiger partial charge in [-0.15, -0.1) is 12.4 Å². The number of piperidine rings is 1. The second-order valence-corrected chi connectivity index (χ2v) is 6.72. The van der Waals surface area contributed by atoms with Crippen LogP contribution in [0, 0.1) is 11.8 Å². The molecule has 2 aliphatic rings. The molecule has 2 N–H and O–H groups in total. The van der Waals surface area contributed by atoms with E-state index in [2.05, 4.69) is 17.0 Å². The SMILES string of the molecule is CC1CNCCC1NS(=O)(=O)CC1CC1.Cl. The zero-order chi connectivity index (χ0) is 10.9. The first-order valence-corrected chi connectivity index (χ1v) is 7.43. The summed E-state index contributed by atoms with van der Waals surface area (Å²) in [4.78, 5) is 0. The van der Waals surface area contributed by atoms with Crippen LogP contribution in [0.25, 0.3) is 0 Å². The highest BCUT2D eigenvalue weighted by molar-refractivity contribution is 7.89. The Kier molecular flexibility index (Phi) is 5.04. The monoisotopic (exact) mass is 268 g/mol. The van der Waals surface area contributed by atoms with Crippen molar-refractivity contribution >= 4 is 22.4 Å². The molecule has 1 saturated carbocycles. The highest BCUT2D eigenvalue weighted by Crippen LogP contribution is 2.30. The molecule has 0 aromatic carbocycles. The van der Waals surface area contributed by atoms with Crippen molar-refractivity contribution in [1.29, 1.82) is 0 Å². The van der Waals surface area contributed by atoms with Gasteiger partial charge in [0.25, 0.3) is 0 Å². The van der Waals surface area contributed by atoms with Gasteiger partial charge >= 0.3 is 0 Å². The summed E-state index contributed by atoms with van der Waals surface area (Å²) in [6.07, 6.45) is 3.08. The molecule has 0 aromatic heterocycles. The van der Waals surface area contributed by atoms with Gasteiger partial charge in [-0.3, -0.25) is 0 Å². The van der Waals surface area contributed by atoms with Gasteiger partial charge in [-0.25, -0.2) is 13.1 Å². The molecule has 0 amide bonds. The lowest BCUT2D eigenvalue weighted by atomic mass is 9.97. The van der Waals surface area contributed by atoms with E-state index in [0.29, 0.717) is 17.6 Å². The molecule has 2 atom stereocenters. The molecule has 2 fully saturated rings. The largest absolute Gasteiger partial charge is 0.316 e. The lowest BCUT2D eigenvalue weighted by Gasteiger charge is -2.29. The Bertz CT molecular complexity index is 317. The van der Waals surface area contributed by atoms with E-state index in [1.165, 1.54) is 0 Å². The third-order valence-corrected chi connectivity index (χ3v) is 4.84. The Morgan fingerprint density at radius 3 is 2.56 bits per heavy atom. The van der Waals surface area contributed by atoms with Gasteiger partial charge in [0.1, 0.15) is 0 Å². The highest BCUT2D eigenvalue weighted by atomic mass is 35.5. The summed E-state index contributed by atoms with van der Waals surface area (Å²) in [6, 6.07) is 0.134. The first-order chi connectivity index (χ1) is 7.07. The molecular formula is C10H21ClN2O2S. The third kappa shape index (κ3) is 4.20. The summed E-state index contributed by atoms with van der Waals surface area (Å²) in [5, 5.41) is 3.27. The number of rotatable bonds is 4. The van der Waals surface area contributed by atoms with Crippen molar-refractivity contribution in [3.8, 4) is 0 Å². The fourth-order valence-corrected chi connectivity index (χ4v) is 3.92. The van der Waals surface area contributed by atoms with Crippen LogP contribution in [0.3, 0.4) is 0 Å². The van der Waals surface area contributed by atoms with Crippen LogP contribution in [0.2, 0.25) is 0 Å². The van der Waals surface area contributed by atoms with Gasteiger partial charge in [0.15, 0.2) is 0 Å². The Labute approximate surface area is 104 Å². The Hall–Kier alpha value is 0.160. The van der Waals surface area contributed by atoms with Crippen LogP contribution in [0.4, 0.5) is 0 Å². The zero-order valence-corrected chi connectivity index (χ0v) is 11.2. The normalized spacial score (nSPS) is 30.8. The number of nitrogens with one attached hydrogen (secondary N) is 2. The molecule has 0 bridgehead atoms. The van der Waals surface area contributed by atoms with Crippen LogP contribution in [0.5, 0.6) is 0 Å². The minimum atomic E-state index is -3.03. The average Bonchev–Trinajstić information content (AvgIpc) is 2.91. The van der Waals surface area contributed by atoms with E-state index >= 15 is 0 Å². The second kappa shape index (κ2) is 5.67. The predicted molar refractivity (Wildman–Crippen MR) is 67.3 cm³/mol. The summed E-state index contributed by atoms with van der Waals surface area (Å²) in [5.74, 6) is 1.16. The van der Waals surface area contributed by atoms with Crippen LogP contribution in [0.1, 0.15) is 26.2 Å². The smallest absolute Gasteiger partial charge is 0.212 e. The quantitative estimate of drug-likeness (QED) is 0.791. The third-order valence-electron chi connectivity index (χ3n) is 3.27. The summed E-state index contributed by atoms with van der Waals surface area (Å²) < 4.78 is 26.4. The van der Waals surface area contributed by atoms with Gasteiger partial charge in [0.05, 0.1) is 5.75 Å². The molecule has 4 nitrogen and oxygen atoms in total. The van der Waals surface area contributed by atoms with E-state index < -0.39 is 10.0 Å². The van der Waals surface area contributed by atoms with Crippen LogP contribution in [-0.2, 0) is 10.0 Å². The summed E-state index contributed by atoms with van der Waals surface area (Å²) in [5.41, 5.74) is 0. The maximum absolute atomic E-state index is 11.8. The standard InChI is InChI=1S/C10H20N2O2S.ClH/c1-8-6-11-5-4-10(8)12-15(13,14)7-9-2-3-9;/h8-12H,2-7H2,1H3;1H. The van der Waals surface area contributed by atoms with Crippen molar-refractivity contribution in [2.75, 3.05) is 18.8 Å². The first-order valence-electron chi connectivity index (χ1n) is 5.77. The molecule has 1 aliphatic heterocycles. The van der Waals surface area contributed by atoms with Gasteiger partial charge < -0.3 is 5.32 Å². The molecule has 0 aromatic rings. The summed E-state index contributed by atoms with van der Waals surface area (Å²) >= 11 is 0. The van der Waals surface area contributed by atoms with E-state index in [0.717, 1.165) is 32.4 Å². The van der Waals surface area contributed by atoms with Gasteiger partial charge in [0, 0.05) is 6.04 Å². The maximum Gasteiger partial charge on any atom is 0.212 e. The molecular weight excluding hydrogens is 248 g/mol. The van der Waals surface area contributed by atoms with Crippen LogP contribution in [-0.4, -0.2) is 33.3 Å². The van der Waals surface area contributed by atoms with Crippen molar-refractivity contribution in [2.24, 2.45) is 11.8 Å². The fraction of sp³-hybridized carbons (Fsp3) is 1.00. The van der Waals surface area contributed by atoms with Crippen molar-refractivity contribution in [1.82, 2.24) is 10.0 Å². The van der Waals surface area contributed by atoms with E-state index in [9.17, 15) is 8.42 Å². The van der Waals surface area contributed by atoms with E-state index in [4.69, 9.17) is 0 Å². The zero-order valence-electron chi connectivity index (χ0n) is 9.61. The lowest BCUT2D eigenvalue weighted by molar-refractivity contribution is 0.328.